The third-order valence-electron chi connectivity index (χ3n) is 3.02. The fourth-order valence-electron chi connectivity index (χ4n) is 2.03. The molecule has 0 spiro atoms. The normalized spacial score (nSPS) is 12.0. The molecule has 1 aromatic carbocycles. The quantitative estimate of drug-likeness (QED) is 0.742. The summed E-state index contributed by atoms with van der Waals surface area (Å²) in [6.45, 7) is 7.31. The molecule has 0 aliphatic carbocycles. The second kappa shape index (κ2) is 7.57. The first-order chi connectivity index (χ1) is 10.1. The van der Waals surface area contributed by atoms with Crippen LogP contribution in [0.2, 0.25) is 4.34 Å². The van der Waals surface area contributed by atoms with Crippen molar-refractivity contribution < 1.29 is 9.47 Å². The molecule has 1 unspecified atom stereocenters. The number of hydrogen-bond acceptors (Lipinski definition) is 4. The van der Waals surface area contributed by atoms with Gasteiger partial charge in [0, 0.05) is 12.1 Å². The molecule has 0 aliphatic heterocycles. The van der Waals surface area contributed by atoms with E-state index < -0.39 is 0 Å². The molecule has 0 saturated carbocycles. The lowest BCUT2D eigenvalue weighted by Crippen LogP contribution is -2.08. The maximum Gasteiger partial charge on any atom is 0.142 e. The first-order valence-electron chi connectivity index (χ1n) is 7.04. The number of benzene rings is 1. The van der Waals surface area contributed by atoms with Crippen LogP contribution in [0, 0.1) is 0 Å². The minimum Gasteiger partial charge on any atom is -0.494 e. The summed E-state index contributed by atoms with van der Waals surface area (Å²) in [6, 6.07) is 7.95. The minimum atomic E-state index is 0.143. The van der Waals surface area contributed by atoms with Crippen LogP contribution in [0.1, 0.15) is 32.4 Å². The van der Waals surface area contributed by atoms with Crippen molar-refractivity contribution >= 4 is 28.6 Å². The van der Waals surface area contributed by atoms with Gasteiger partial charge in [0.2, 0.25) is 0 Å². The maximum absolute atomic E-state index is 6.00. The predicted octanol–water partition coefficient (Wildman–Crippen LogP) is 5.37. The summed E-state index contributed by atoms with van der Waals surface area (Å²) in [5, 5.41) is 5.53. The van der Waals surface area contributed by atoms with Crippen LogP contribution >= 0.6 is 22.9 Å². The van der Waals surface area contributed by atoms with Crippen LogP contribution in [0.4, 0.5) is 5.69 Å². The zero-order valence-electron chi connectivity index (χ0n) is 12.5. The lowest BCUT2D eigenvalue weighted by atomic mass is 10.1. The molecule has 0 aliphatic rings. The molecule has 114 valence electrons. The Morgan fingerprint density at radius 1 is 1.19 bits per heavy atom. The molecule has 0 saturated heterocycles. The van der Waals surface area contributed by atoms with Crippen molar-refractivity contribution in [1.29, 1.82) is 0 Å². The standard InChI is InChI=1S/C16H20ClNO2S/c1-4-19-13-6-7-15(20-5-2)14(9-13)18-11(3)12-8-16(17)21-10-12/h6-11,18H,4-5H2,1-3H3. The number of nitrogens with one attached hydrogen (secondary N) is 1. The van der Waals surface area contributed by atoms with Crippen molar-refractivity contribution in [2.75, 3.05) is 18.5 Å². The molecule has 0 bridgehead atoms. The SMILES string of the molecule is CCOc1ccc(OCC)c(NC(C)c2csc(Cl)c2)c1. The fourth-order valence-corrected chi connectivity index (χ4v) is 3.01. The number of anilines is 1. The molecule has 0 radical (unpaired) electrons. The molecular weight excluding hydrogens is 306 g/mol. The van der Waals surface area contributed by atoms with Crippen molar-refractivity contribution in [3.63, 3.8) is 0 Å². The molecule has 2 aromatic rings. The molecule has 0 amide bonds. The number of rotatable bonds is 7. The highest BCUT2D eigenvalue weighted by molar-refractivity contribution is 7.14. The van der Waals surface area contributed by atoms with E-state index in [1.807, 2.05) is 38.1 Å². The predicted molar refractivity (Wildman–Crippen MR) is 90.1 cm³/mol. The summed E-state index contributed by atoms with van der Waals surface area (Å²) in [4.78, 5) is 0. The van der Waals surface area contributed by atoms with E-state index >= 15 is 0 Å². The second-order valence-electron chi connectivity index (χ2n) is 4.57. The summed E-state index contributed by atoms with van der Waals surface area (Å²) < 4.78 is 12.0. The molecule has 1 atom stereocenters. The Kier molecular flexibility index (Phi) is 5.76. The van der Waals surface area contributed by atoms with Gasteiger partial charge in [-0.3, -0.25) is 0 Å². The van der Waals surface area contributed by atoms with Gasteiger partial charge >= 0.3 is 0 Å². The first kappa shape index (κ1) is 16.0. The van der Waals surface area contributed by atoms with Crippen LogP contribution in [0.25, 0.3) is 0 Å². The van der Waals surface area contributed by atoms with Crippen LogP contribution in [-0.4, -0.2) is 13.2 Å². The van der Waals surface area contributed by atoms with Gasteiger partial charge in [-0.1, -0.05) is 11.6 Å². The molecule has 5 heteroatoms. The summed E-state index contributed by atoms with van der Waals surface area (Å²) >= 11 is 7.54. The Balaban J connectivity index is 2.21. The van der Waals surface area contributed by atoms with Gasteiger partial charge < -0.3 is 14.8 Å². The van der Waals surface area contributed by atoms with E-state index in [4.69, 9.17) is 21.1 Å². The first-order valence-corrected chi connectivity index (χ1v) is 8.29. The number of hydrogen-bond donors (Lipinski definition) is 1. The Hall–Kier alpha value is -1.39. The third kappa shape index (κ3) is 4.29. The topological polar surface area (TPSA) is 30.5 Å². The van der Waals surface area contributed by atoms with Gasteiger partial charge in [0.25, 0.3) is 0 Å². The Morgan fingerprint density at radius 2 is 1.95 bits per heavy atom. The van der Waals surface area contributed by atoms with E-state index in [1.54, 1.807) is 0 Å². The average Bonchev–Trinajstić information content (AvgIpc) is 2.89. The minimum absolute atomic E-state index is 0.143. The fraction of sp³-hybridized carbons (Fsp3) is 0.375. The molecule has 3 nitrogen and oxygen atoms in total. The van der Waals surface area contributed by atoms with Crippen molar-refractivity contribution in [3.05, 3.63) is 39.5 Å². The summed E-state index contributed by atoms with van der Waals surface area (Å²) in [5.41, 5.74) is 2.09. The molecule has 1 heterocycles. The number of thiophene rings is 1. The van der Waals surface area contributed by atoms with Crippen molar-refractivity contribution in [3.8, 4) is 11.5 Å². The number of halogens is 1. The van der Waals surface area contributed by atoms with Gasteiger partial charge in [0.05, 0.1) is 23.2 Å². The van der Waals surface area contributed by atoms with Gasteiger partial charge in [0.1, 0.15) is 11.5 Å². The van der Waals surface area contributed by atoms with Gasteiger partial charge in [-0.25, -0.2) is 0 Å². The largest absolute Gasteiger partial charge is 0.494 e. The third-order valence-corrected chi connectivity index (χ3v) is 4.13. The summed E-state index contributed by atoms with van der Waals surface area (Å²) in [5.74, 6) is 1.66. The highest BCUT2D eigenvalue weighted by atomic mass is 35.5. The van der Waals surface area contributed by atoms with Crippen LogP contribution in [0.3, 0.4) is 0 Å². The molecule has 1 aromatic heterocycles. The van der Waals surface area contributed by atoms with E-state index in [9.17, 15) is 0 Å². The summed E-state index contributed by atoms with van der Waals surface area (Å²) in [6.07, 6.45) is 0. The van der Waals surface area contributed by atoms with E-state index in [0.717, 1.165) is 27.1 Å². The van der Waals surface area contributed by atoms with Gasteiger partial charge in [-0.15, -0.1) is 11.3 Å². The monoisotopic (exact) mass is 325 g/mol. The van der Waals surface area contributed by atoms with Crippen molar-refractivity contribution in [2.45, 2.75) is 26.8 Å². The maximum atomic E-state index is 6.00. The van der Waals surface area contributed by atoms with Crippen LogP contribution < -0.4 is 14.8 Å². The van der Waals surface area contributed by atoms with Crippen LogP contribution in [0.15, 0.2) is 29.6 Å². The van der Waals surface area contributed by atoms with Crippen molar-refractivity contribution in [2.24, 2.45) is 0 Å². The highest BCUT2D eigenvalue weighted by Gasteiger charge is 2.12. The van der Waals surface area contributed by atoms with Crippen molar-refractivity contribution in [1.82, 2.24) is 0 Å². The molecular formula is C16H20ClNO2S. The molecule has 1 N–H and O–H groups in total. The number of ether oxygens (including phenoxy) is 2. The average molecular weight is 326 g/mol. The molecule has 0 fully saturated rings. The zero-order valence-corrected chi connectivity index (χ0v) is 14.1. The smallest absolute Gasteiger partial charge is 0.142 e. The van der Waals surface area contributed by atoms with Gasteiger partial charge in [0.15, 0.2) is 0 Å². The Morgan fingerprint density at radius 3 is 2.57 bits per heavy atom. The van der Waals surface area contributed by atoms with E-state index in [1.165, 1.54) is 11.3 Å². The van der Waals surface area contributed by atoms with E-state index in [0.29, 0.717) is 13.2 Å². The van der Waals surface area contributed by atoms with E-state index in [2.05, 4.69) is 17.6 Å². The van der Waals surface area contributed by atoms with E-state index in [-0.39, 0.29) is 6.04 Å². The highest BCUT2D eigenvalue weighted by Crippen LogP contribution is 2.33. The molecule has 2 rings (SSSR count). The van der Waals surface area contributed by atoms with Gasteiger partial charge in [-0.2, -0.15) is 0 Å². The molecule has 21 heavy (non-hydrogen) atoms. The Bertz CT molecular complexity index is 585. The lowest BCUT2D eigenvalue weighted by Gasteiger charge is -2.18. The second-order valence-corrected chi connectivity index (χ2v) is 6.12. The Labute approximate surface area is 134 Å². The zero-order chi connectivity index (χ0) is 15.2. The van der Waals surface area contributed by atoms with Crippen LogP contribution in [-0.2, 0) is 0 Å². The van der Waals surface area contributed by atoms with Crippen LogP contribution in [0.5, 0.6) is 11.5 Å². The summed E-state index contributed by atoms with van der Waals surface area (Å²) in [7, 11) is 0. The lowest BCUT2D eigenvalue weighted by molar-refractivity contribution is 0.331. The van der Waals surface area contributed by atoms with Gasteiger partial charge in [-0.05, 0) is 49.9 Å².